The minimum atomic E-state index is -0.696. The summed E-state index contributed by atoms with van der Waals surface area (Å²) in [6.45, 7) is 2.65. The van der Waals surface area contributed by atoms with Crippen LogP contribution in [0.1, 0.15) is 23.7 Å². The van der Waals surface area contributed by atoms with Gasteiger partial charge in [-0.3, -0.25) is 9.59 Å². The lowest BCUT2D eigenvalue weighted by Gasteiger charge is -2.18. The summed E-state index contributed by atoms with van der Waals surface area (Å²) >= 11 is 0. The van der Waals surface area contributed by atoms with Crippen LogP contribution in [0.2, 0.25) is 0 Å². The SMILES string of the molecule is CC[C@@H](Oc1ccc(OC)cc1)C(=O)Nc1ccccc1C(=O)NCCOC. The minimum Gasteiger partial charge on any atom is -0.497 e. The second kappa shape index (κ2) is 10.9. The van der Waals surface area contributed by atoms with Crippen molar-refractivity contribution in [3.63, 3.8) is 0 Å². The lowest BCUT2D eigenvalue weighted by molar-refractivity contribution is -0.122. The van der Waals surface area contributed by atoms with Gasteiger partial charge in [-0.15, -0.1) is 0 Å². The van der Waals surface area contributed by atoms with E-state index in [1.165, 1.54) is 0 Å². The fraction of sp³-hybridized carbons (Fsp3) is 0.333. The van der Waals surface area contributed by atoms with Gasteiger partial charge in [0.15, 0.2) is 6.10 Å². The highest BCUT2D eigenvalue weighted by atomic mass is 16.5. The van der Waals surface area contributed by atoms with E-state index in [4.69, 9.17) is 14.2 Å². The second-order valence-corrected chi connectivity index (χ2v) is 5.97. The van der Waals surface area contributed by atoms with E-state index in [2.05, 4.69) is 10.6 Å². The van der Waals surface area contributed by atoms with E-state index < -0.39 is 6.10 Å². The van der Waals surface area contributed by atoms with E-state index in [1.54, 1.807) is 62.8 Å². The maximum atomic E-state index is 12.7. The van der Waals surface area contributed by atoms with E-state index in [0.717, 1.165) is 0 Å². The molecular weight excluding hydrogens is 360 g/mol. The number of benzene rings is 2. The summed E-state index contributed by atoms with van der Waals surface area (Å²) in [6.07, 6.45) is -0.224. The maximum absolute atomic E-state index is 12.7. The summed E-state index contributed by atoms with van der Waals surface area (Å²) in [4.78, 5) is 25.0. The standard InChI is InChI=1S/C21H26N2O5/c1-4-19(28-16-11-9-15(27-3)10-12-16)21(25)23-18-8-6-5-7-17(18)20(24)22-13-14-26-2/h5-12,19H,4,13-14H2,1-3H3,(H,22,24)(H,23,25)/t19-/m1/s1. The average Bonchev–Trinajstić information content (AvgIpc) is 2.72. The van der Waals surface area contributed by atoms with Crippen LogP contribution < -0.4 is 20.1 Å². The fourth-order valence-electron chi connectivity index (χ4n) is 2.51. The van der Waals surface area contributed by atoms with Gasteiger partial charge in [0.2, 0.25) is 0 Å². The summed E-state index contributed by atoms with van der Waals surface area (Å²) in [6, 6.07) is 13.8. The third-order valence-electron chi connectivity index (χ3n) is 4.02. The summed E-state index contributed by atoms with van der Waals surface area (Å²) in [7, 11) is 3.15. The van der Waals surface area contributed by atoms with Gasteiger partial charge in [0.25, 0.3) is 11.8 Å². The van der Waals surface area contributed by atoms with Gasteiger partial charge in [-0.2, -0.15) is 0 Å². The Kier molecular flexibility index (Phi) is 8.30. The number of carbonyl (C=O) groups is 2. The number of rotatable bonds is 10. The zero-order valence-corrected chi connectivity index (χ0v) is 16.4. The lowest BCUT2D eigenvalue weighted by atomic mass is 10.1. The Morgan fingerprint density at radius 3 is 2.32 bits per heavy atom. The molecule has 0 radical (unpaired) electrons. The summed E-state index contributed by atoms with van der Waals surface area (Å²) in [5, 5.41) is 5.54. The van der Waals surface area contributed by atoms with E-state index in [-0.39, 0.29) is 11.8 Å². The lowest BCUT2D eigenvalue weighted by Crippen LogP contribution is -2.34. The van der Waals surface area contributed by atoms with Crippen LogP contribution in [0.4, 0.5) is 5.69 Å². The van der Waals surface area contributed by atoms with Gasteiger partial charge >= 0.3 is 0 Å². The van der Waals surface area contributed by atoms with E-state index in [9.17, 15) is 9.59 Å². The quantitative estimate of drug-likeness (QED) is 0.613. The molecule has 0 fully saturated rings. The molecule has 2 aromatic rings. The molecule has 0 bridgehead atoms. The van der Waals surface area contributed by atoms with Crippen molar-refractivity contribution in [1.29, 1.82) is 0 Å². The number of methoxy groups -OCH3 is 2. The molecule has 0 aliphatic heterocycles. The molecule has 2 amide bonds. The van der Waals surface area contributed by atoms with E-state index in [0.29, 0.717) is 42.3 Å². The number of nitrogens with one attached hydrogen (secondary N) is 2. The van der Waals surface area contributed by atoms with Crippen molar-refractivity contribution >= 4 is 17.5 Å². The molecule has 2 aromatic carbocycles. The molecule has 7 nitrogen and oxygen atoms in total. The van der Waals surface area contributed by atoms with Gasteiger partial charge in [0, 0.05) is 13.7 Å². The molecular formula is C21H26N2O5. The highest BCUT2D eigenvalue weighted by molar-refractivity contribution is 6.04. The minimum absolute atomic E-state index is 0.280. The van der Waals surface area contributed by atoms with Crippen molar-refractivity contribution < 1.29 is 23.8 Å². The molecule has 0 saturated carbocycles. The highest BCUT2D eigenvalue weighted by Gasteiger charge is 2.21. The van der Waals surface area contributed by atoms with Gasteiger partial charge in [0.05, 0.1) is 25.0 Å². The summed E-state index contributed by atoms with van der Waals surface area (Å²) in [5.74, 6) is 0.666. The molecule has 7 heteroatoms. The second-order valence-electron chi connectivity index (χ2n) is 5.97. The zero-order valence-electron chi connectivity index (χ0n) is 16.4. The molecule has 0 aliphatic carbocycles. The Labute approximate surface area is 165 Å². The largest absolute Gasteiger partial charge is 0.497 e. The van der Waals surface area contributed by atoms with Crippen LogP contribution in [-0.4, -0.2) is 45.3 Å². The first-order chi connectivity index (χ1) is 13.6. The predicted molar refractivity (Wildman–Crippen MR) is 107 cm³/mol. The molecule has 1 atom stereocenters. The first kappa shape index (κ1) is 21.2. The number of hydrogen-bond donors (Lipinski definition) is 2. The summed E-state index contributed by atoms with van der Waals surface area (Å²) < 4.78 is 15.8. The average molecular weight is 386 g/mol. The number of hydrogen-bond acceptors (Lipinski definition) is 5. The first-order valence-electron chi connectivity index (χ1n) is 9.06. The van der Waals surface area contributed by atoms with Crippen LogP contribution in [0.5, 0.6) is 11.5 Å². The zero-order chi connectivity index (χ0) is 20.4. The van der Waals surface area contributed by atoms with Crippen molar-refractivity contribution in [3.8, 4) is 11.5 Å². The molecule has 0 unspecified atom stereocenters. The Morgan fingerprint density at radius 1 is 1.00 bits per heavy atom. The smallest absolute Gasteiger partial charge is 0.265 e. The maximum Gasteiger partial charge on any atom is 0.265 e. The number of carbonyl (C=O) groups excluding carboxylic acids is 2. The third-order valence-corrected chi connectivity index (χ3v) is 4.02. The molecule has 2 rings (SSSR count). The third kappa shape index (κ3) is 5.99. The number of para-hydroxylation sites is 1. The molecule has 0 aliphatic rings. The fourth-order valence-corrected chi connectivity index (χ4v) is 2.51. The van der Waals surface area contributed by atoms with Crippen LogP contribution in [0, 0.1) is 0 Å². The van der Waals surface area contributed by atoms with E-state index in [1.807, 2.05) is 6.92 Å². The topological polar surface area (TPSA) is 85.9 Å². The van der Waals surface area contributed by atoms with Gasteiger partial charge in [-0.25, -0.2) is 0 Å². The van der Waals surface area contributed by atoms with Crippen molar-refractivity contribution in [2.24, 2.45) is 0 Å². The molecule has 0 heterocycles. The molecule has 0 aromatic heterocycles. The Morgan fingerprint density at radius 2 is 1.68 bits per heavy atom. The number of ether oxygens (including phenoxy) is 3. The normalized spacial score (nSPS) is 11.4. The van der Waals surface area contributed by atoms with Crippen molar-refractivity contribution in [1.82, 2.24) is 5.32 Å². The van der Waals surface area contributed by atoms with Crippen LogP contribution in [0.25, 0.3) is 0 Å². The predicted octanol–water partition coefficient (Wildman–Crippen LogP) is 2.87. The van der Waals surface area contributed by atoms with Crippen LogP contribution in [-0.2, 0) is 9.53 Å². The highest BCUT2D eigenvalue weighted by Crippen LogP contribution is 2.20. The molecule has 28 heavy (non-hydrogen) atoms. The van der Waals surface area contributed by atoms with Crippen LogP contribution >= 0.6 is 0 Å². The monoisotopic (exact) mass is 386 g/mol. The molecule has 0 saturated heterocycles. The van der Waals surface area contributed by atoms with Gasteiger partial charge < -0.3 is 24.8 Å². The van der Waals surface area contributed by atoms with Gasteiger partial charge in [-0.1, -0.05) is 19.1 Å². The van der Waals surface area contributed by atoms with Crippen molar-refractivity contribution in [3.05, 3.63) is 54.1 Å². The van der Waals surface area contributed by atoms with Crippen LogP contribution in [0.3, 0.4) is 0 Å². The van der Waals surface area contributed by atoms with Crippen molar-refractivity contribution in [2.45, 2.75) is 19.4 Å². The van der Waals surface area contributed by atoms with Gasteiger partial charge in [0.1, 0.15) is 11.5 Å². The molecule has 0 spiro atoms. The van der Waals surface area contributed by atoms with Crippen molar-refractivity contribution in [2.75, 3.05) is 32.7 Å². The Balaban J connectivity index is 2.06. The van der Waals surface area contributed by atoms with Gasteiger partial charge in [-0.05, 0) is 42.8 Å². The van der Waals surface area contributed by atoms with Crippen LogP contribution in [0.15, 0.2) is 48.5 Å². The van der Waals surface area contributed by atoms with E-state index >= 15 is 0 Å². The Bertz CT molecular complexity index is 777. The first-order valence-corrected chi connectivity index (χ1v) is 9.06. The Hall–Kier alpha value is -3.06. The number of amides is 2. The summed E-state index contributed by atoms with van der Waals surface area (Å²) in [5.41, 5.74) is 0.811. The number of anilines is 1. The molecule has 2 N–H and O–H groups in total. The molecule has 150 valence electrons.